The summed E-state index contributed by atoms with van der Waals surface area (Å²) >= 11 is 1.31. The molecule has 0 radical (unpaired) electrons. The summed E-state index contributed by atoms with van der Waals surface area (Å²) in [7, 11) is 0. The zero-order chi connectivity index (χ0) is 29.4. The SMILES string of the molecule is CC1C(CSc2ncccc2C(=O)O)OC(c2ccc(NC(=O)CCCC(=O)O)cc2)OC1c1ccc(CO)cc1. The van der Waals surface area contributed by atoms with Crippen LogP contribution >= 0.6 is 11.8 Å². The standard InChI is InChI=1S/C30H32N2O8S/c1-18-24(17-41-28-23(29(37)38)4-3-15-31-28)39-30(40-27(18)20-9-7-19(16-33)8-10-20)21-11-13-22(14-12-21)32-25(34)5-2-6-26(35)36/h3-4,7-15,18,24,27,30,33H,2,5-6,16-17H2,1H3,(H,32,34)(H,35,36)(H,37,38). The fourth-order valence-electron chi connectivity index (χ4n) is 4.49. The van der Waals surface area contributed by atoms with E-state index >= 15 is 0 Å². The Labute approximate surface area is 241 Å². The van der Waals surface area contributed by atoms with Gasteiger partial charge in [-0.15, -0.1) is 11.8 Å². The zero-order valence-electron chi connectivity index (χ0n) is 22.4. The number of aromatic carboxylic acids is 1. The molecule has 4 unspecified atom stereocenters. The first-order chi connectivity index (χ1) is 19.7. The van der Waals surface area contributed by atoms with E-state index in [0.29, 0.717) is 16.5 Å². The molecule has 2 heterocycles. The van der Waals surface area contributed by atoms with Crippen LogP contribution in [-0.2, 0) is 25.7 Å². The molecule has 216 valence electrons. The summed E-state index contributed by atoms with van der Waals surface area (Å²) in [5.74, 6) is -1.91. The van der Waals surface area contributed by atoms with E-state index in [1.165, 1.54) is 17.8 Å². The molecule has 1 aliphatic rings. The van der Waals surface area contributed by atoms with Crippen molar-refractivity contribution in [2.45, 2.75) is 56.3 Å². The average molecular weight is 581 g/mol. The number of aliphatic hydroxyl groups excluding tert-OH is 1. The Balaban J connectivity index is 1.51. The molecule has 41 heavy (non-hydrogen) atoms. The Morgan fingerprint density at radius 3 is 2.32 bits per heavy atom. The lowest BCUT2D eigenvalue weighted by Crippen LogP contribution is -2.38. The van der Waals surface area contributed by atoms with Crippen LogP contribution in [0.1, 0.15) is 65.6 Å². The van der Waals surface area contributed by atoms with E-state index < -0.39 is 18.2 Å². The molecular formula is C30H32N2O8S. The van der Waals surface area contributed by atoms with Crippen LogP contribution in [0.25, 0.3) is 0 Å². The van der Waals surface area contributed by atoms with Gasteiger partial charge in [0.05, 0.1) is 24.4 Å². The molecule has 10 nitrogen and oxygen atoms in total. The van der Waals surface area contributed by atoms with Crippen molar-refractivity contribution in [3.8, 4) is 0 Å². The summed E-state index contributed by atoms with van der Waals surface area (Å²) in [5.41, 5.74) is 3.14. The van der Waals surface area contributed by atoms with Gasteiger partial charge in [-0.3, -0.25) is 9.59 Å². The number of pyridine rings is 1. The Morgan fingerprint density at radius 2 is 1.66 bits per heavy atom. The average Bonchev–Trinajstić information content (AvgIpc) is 2.97. The Hall–Kier alpha value is -3.77. The molecule has 4 rings (SSSR count). The summed E-state index contributed by atoms with van der Waals surface area (Å²) in [6, 6.07) is 17.7. The van der Waals surface area contributed by atoms with Crippen LogP contribution in [0, 0.1) is 5.92 Å². The van der Waals surface area contributed by atoms with Crippen molar-refractivity contribution < 1.29 is 39.2 Å². The number of nitrogens with zero attached hydrogens (tertiary/aromatic N) is 1. The predicted molar refractivity (Wildman–Crippen MR) is 151 cm³/mol. The van der Waals surface area contributed by atoms with Gasteiger partial charge >= 0.3 is 11.9 Å². The molecule has 1 amide bonds. The van der Waals surface area contributed by atoms with Gasteiger partial charge in [-0.05, 0) is 41.8 Å². The number of nitrogens with one attached hydrogen (secondary N) is 1. The number of carboxylic acid groups (broad SMARTS) is 2. The predicted octanol–water partition coefficient (Wildman–Crippen LogP) is 5.05. The first-order valence-electron chi connectivity index (χ1n) is 13.2. The molecule has 1 aromatic heterocycles. The van der Waals surface area contributed by atoms with Gasteiger partial charge < -0.3 is 30.1 Å². The molecule has 4 N–H and O–H groups in total. The van der Waals surface area contributed by atoms with Crippen LogP contribution in [0.5, 0.6) is 0 Å². The van der Waals surface area contributed by atoms with E-state index in [1.807, 2.05) is 31.2 Å². The summed E-state index contributed by atoms with van der Waals surface area (Å²) in [5, 5.41) is 30.9. The molecule has 0 saturated carbocycles. The number of carbonyl (C=O) groups is 3. The van der Waals surface area contributed by atoms with Crippen molar-refractivity contribution in [2.75, 3.05) is 11.1 Å². The molecule has 1 fully saturated rings. The van der Waals surface area contributed by atoms with E-state index in [2.05, 4.69) is 10.3 Å². The van der Waals surface area contributed by atoms with Gasteiger partial charge in [0.25, 0.3) is 0 Å². The highest BCUT2D eigenvalue weighted by molar-refractivity contribution is 7.99. The Morgan fingerprint density at radius 1 is 0.951 bits per heavy atom. The van der Waals surface area contributed by atoms with Crippen LogP contribution in [-0.4, -0.2) is 50.0 Å². The van der Waals surface area contributed by atoms with E-state index in [0.717, 1.165) is 16.7 Å². The Kier molecular flexibility index (Phi) is 10.5. The maximum atomic E-state index is 12.1. The van der Waals surface area contributed by atoms with E-state index in [9.17, 15) is 24.6 Å². The lowest BCUT2D eigenvalue weighted by atomic mass is 9.91. The maximum absolute atomic E-state index is 12.1. The highest BCUT2D eigenvalue weighted by atomic mass is 32.2. The van der Waals surface area contributed by atoms with Crippen LogP contribution in [0.3, 0.4) is 0 Å². The normalized spacial score (nSPS) is 20.3. The number of anilines is 1. The molecule has 4 atom stereocenters. The third-order valence-corrected chi connectivity index (χ3v) is 7.86. The number of benzene rings is 2. The second-order valence-corrected chi connectivity index (χ2v) is 10.7. The molecule has 1 saturated heterocycles. The van der Waals surface area contributed by atoms with Crippen LogP contribution in [0.2, 0.25) is 0 Å². The highest BCUT2D eigenvalue weighted by Gasteiger charge is 2.38. The van der Waals surface area contributed by atoms with E-state index in [1.54, 1.807) is 36.5 Å². The molecule has 0 aliphatic carbocycles. The number of aromatic nitrogens is 1. The smallest absolute Gasteiger partial charge is 0.338 e. The van der Waals surface area contributed by atoms with Crippen molar-refractivity contribution in [1.29, 1.82) is 0 Å². The van der Waals surface area contributed by atoms with Gasteiger partial charge in [-0.25, -0.2) is 9.78 Å². The third kappa shape index (κ3) is 8.14. The van der Waals surface area contributed by atoms with Crippen molar-refractivity contribution in [3.63, 3.8) is 0 Å². The minimum Gasteiger partial charge on any atom is -0.481 e. The molecule has 0 spiro atoms. The fourth-order valence-corrected chi connectivity index (χ4v) is 5.64. The van der Waals surface area contributed by atoms with E-state index in [-0.39, 0.29) is 55.5 Å². The van der Waals surface area contributed by atoms with Crippen LogP contribution in [0.15, 0.2) is 71.9 Å². The van der Waals surface area contributed by atoms with Gasteiger partial charge in [0, 0.05) is 42.0 Å². The Bertz CT molecular complexity index is 1350. The fraction of sp³-hybridized carbons (Fsp3) is 0.333. The zero-order valence-corrected chi connectivity index (χ0v) is 23.3. The number of carbonyl (C=O) groups excluding carboxylic acids is 1. The number of carboxylic acids is 2. The molecular weight excluding hydrogens is 548 g/mol. The lowest BCUT2D eigenvalue weighted by molar-refractivity contribution is -0.268. The number of amides is 1. The van der Waals surface area contributed by atoms with Crippen molar-refractivity contribution >= 4 is 35.3 Å². The van der Waals surface area contributed by atoms with Crippen molar-refractivity contribution in [1.82, 2.24) is 4.98 Å². The summed E-state index contributed by atoms with van der Waals surface area (Å²) in [6.45, 7) is 1.95. The molecule has 2 aromatic carbocycles. The third-order valence-electron chi connectivity index (χ3n) is 6.77. The summed E-state index contributed by atoms with van der Waals surface area (Å²) in [6.07, 6.45) is 0.459. The minimum absolute atomic E-state index is 0.0647. The summed E-state index contributed by atoms with van der Waals surface area (Å²) in [4.78, 5) is 38.7. The monoisotopic (exact) mass is 580 g/mol. The number of aliphatic carboxylic acids is 1. The lowest BCUT2D eigenvalue weighted by Gasteiger charge is -2.41. The first kappa shape index (κ1) is 30.2. The minimum atomic E-state index is -1.05. The van der Waals surface area contributed by atoms with Gasteiger partial charge in [-0.1, -0.05) is 43.3 Å². The molecule has 3 aromatic rings. The van der Waals surface area contributed by atoms with Gasteiger partial charge in [-0.2, -0.15) is 0 Å². The van der Waals surface area contributed by atoms with Gasteiger partial charge in [0.15, 0.2) is 6.29 Å². The second kappa shape index (κ2) is 14.2. The van der Waals surface area contributed by atoms with Gasteiger partial charge in [0.1, 0.15) is 5.03 Å². The molecule has 1 aliphatic heterocycles. The largest absolute Gasteiger partial charge is 0.481 e. The number of aliphatic hydroxyl groups is 1. The van der Waals surface area contributed by atoms with Crippen LogP contribution < -0.4 is 5.32 Å². The number of hydrogen-bond acceptors (Lipinski definition) is 8. The molecule has 11 heteroatoms. The van der Waals surface area contributed by atoms with Crippen molar-refractivity contribution in [3.05, 3.63) is 89.1 Å². The number of hydrogen-bond donors (Lipinski definition) is 4. The summed E-state index contributed by atoms with van der Waals surface area (Å²) < 4.78 is 12.8. The second-order valence-electron chi connectivity index (χ2n) is 9.71. The quantitative estimate of drug-likeness (QED) is 0.214. The highest BCUT2D eigenvalue weighted by Crippen LogP contribution is 2.43. The first-order valence-corrected chi connectivity index (χ1v) is 14.2. The topological polar surface area (TPSA) is 155 Å². The maximum Gasteiger partial charge on any atom is 0.338 e. The van der Waals surface area contributed by atoms with Crippen LogP contribution in [0.4, 0.5) is 5.69 Å². The number of thioether (sulfide) groups is 1. The number of rotatable bonds is 12. The van der Waals surface area contributed by atoms with Crippen molar-refractivity contribution in [2.24, 2.45) is 5.92 Å². The van der Waals surface area contributed by atoms with Gasteiger partial charge in [0.2, 0.25) is 5.91 Å². The number of ether oxygens (including phenoxy) is 2. The molecule has 0 bridgehead atoms. The van der Waals surface area contributed by atoms with E-state index in [4.69, 9.17) is 14.6 Å².